The van der Waals surface area contributed by atoms with Gasteiger partial charge in [0, 0.05) is 48.9 Å². The van der Waals surface area contributed by atoms with Crippen LogP contribution in [0.15, 0.2) is 48.5 Å². The molecule has 1 heterocycles. The second-order valence-electron chi connectivity index (χ2n) is 6.65. The van der Waals surface area contributed by atoms with Crippen LogP contribution in [0.3, 0.4) is 0 Å². The molecule has 0 unspecified atom stereocenters. The van der Waals surface area contributed by atoms with E-state index < -0.39 is 0 Å². The Morgan fingerprint density at radius 1 is 1.00 bits per heavy atom. The number of nitrogens with one attached hydrogen (secondary N) is 1. The molecule has 0 aliphatic carbocycles. The highest BCUT2D eigenvalue weighted by Crippen LogP contribution is 2.12. The fourth-order valence-corrected chi connectivity index (χ4v) is 3.21. The number of carbonyl (C=O) groups is 3. The van der Waals surface area contributed by atoms with Crippen LogP contribution in [0.1, 0.15) is 26.3 Å². The molecular formula is C21H22ClN3O3. The average Bonchev–Trinajstić information content (AvgIpc) is 2.74. The predicted molar refractivity (Wildman–Crippen MR) is 107 cm³/mol. The summed E-state index contributed by atoms with van der Waals surface area (Å²) in [6, 6.07) is 14.2. The molecular weight excluding hydrogens is 378 g/mol. The van der Waals surface area contributed by atoms with E-state index in [2.05, 4.69) is 5.32 Å². The summed E-state index contributed by atoms with van der Waals surface area (Å²) in [4.78, 5) is 39.2. The van der Waals surface area contributed by atoms with Gasteiger partial charge in [0.1, 0.15) is 0 Å². The molecule has 0 radical (unpaired) electrons. The van der Waals surface area contributed by atoms with E-state index in [1.807, 2.05) is 24.3 Å². The maximum atomic E-state index is 12.7. The summed E-state index contributed by atoms with van der Waals surface area (Å²) in [6.07, 6.45) is 1.50. The zero-order valence-electron chi connectivity index (χ0n) is 15.4. The lowest BCUT2D eigenvalue weighted by molar-refractivity contribution is -0.119. The molecule has 1 aliphatic heterocycles. The Morgan fingerprint density at radius 3 is 2.36 bits per heavy atom. The van der Waals surface area contributed by atoms with Gasteiger partial charge in [-0.25, -0.2) is 0 Å². The number of hydrogen-bond donors (Lipinski definition) is 1. The van der Waals surface area contributed by atoms with Gasteiger partial charge in [-0.05, 0) is 42.3 Å². The van der Waals surface area contributed by atoms with Gasteiger partial charge in [0.05, 0.1) is 0 Å². The lowest BCUT2D eigenvalue weighted by atomic mass is 10.1. The van der Waals surface area contributed by atoms with Crippen LogP contribution in [0.5, 0.6) is 0 Å². The maximum Gasteiger partial charge on any atom is 0.253 e. The Balaban J connectivity index is 1.56. The van der Waals surface area contributed by atoms with Gasteiger partial charge >= 0.3 is 0 Å². The number of hydrogen-bond acceptors (Lipinski definition) is 3. The highest BCUT2D eigenvalue weighted by molar-refractivity contribution is 6.30. The number of rotatable bonds is 6. The third-order valence-electron chi connectivity index (χ3n) is 4.73. The molecule has 0 bridgehead atoms. The minimum atomic E-state index is -0.214. The van der Waals surface area contributed by atoms with Crippen molar-refractivity contribution in [1.29, 1.82) is 0 Å². The predicted octanol–water partition coefficient (Wildman–Crippen LogP) is 2.23. The van der Waals surface area contributed by atoms with Crippen molar-refractivity contribution in [2.75, 3.05) is 32.7 Å². The molecule has 0 atom stereocenters. The first kappa shape index (κ1) is 19.9. The Hall–Kier alpha value is -2.86. The Bertz CT molecular complexity index is 846. The van der Waals surface area contributed by atoms with E-state index in [1.165, 1.54) is 0 Å². The van der Waals surface area contributed by atoms with Gasteiger partial charge in [-0.2, -0.15) is 0 Å². The number of nitrogens with zero attached hydrogens (tertiary/aromatic N) is 2. The van der Waals surface area contributed by atoms with Crippen LogP contribution in [-0.4, -0.2) is 60.7 Å². The summed E-state index contributed by atoms with van der Waals surface area (Å²) < 4.78 is 0. The van der Waals surface area contributed by atoms with Gasteiger partial charge in [-0.15, -0.1) is 0 Å². The normalized spacial score (nSPS) is 13.9. The van der Waals surface area contributed by atoms with Gasteiger partial charge in [0.15, 0.2) is 0 Å². The number of amides is 3. The molecule has 7 heteroatoms. The number of halogens is 1. The van der Waals surface area contributed by atoms with E-state index in [4.69, 9.17) is 11.6 Å². The molecule has 3 rings (SSSR count). The minimum absolute atomic E-state index is 0.124. The molecule has 3 amide bonds. The lowest BCUT2D eigenvalue weighted by Gasteiger charge is -2.32. The third kappa shape index (κ3) is 5.10. The van der Waals surface area contributed by atoms with Crippen molar-refractivity contribution in [3.8, 4) is 0 Å². The molecule has 2 aromatic rings. The average molecular weight is 400 g/mol. The second-order valence-corrected chi connectivity index (χ2v) is 7.08. The molecule has 1 aliphatic rings. The van der Waals surface area contributed by atoms with Crippen molar-refractivity contribution < 1.29 is 14.4 Å². The van der Waals surface area contributed by atoms with Crippen molar-refractivity contribution in [2.45, 2.75) is 6.42 Å². The van der Waals surface area contributed by atoms with Crippen molar-refractivity contribution in [3.05, 3.63) is 70.2 Å². The van der Waals surface area contributed by atoms with Crippen LogP contribution in [0.4, 0.5) is 0 Å². The smallest absolute Gasteiger partial charge is 0.253 e. The third-order valence-corrected chi connectivity index (χ3v) is 4.99. The van der Waals surface area contributed by atoms with Crippen LogP contribution < -0.4 is 5.32 Å². The number of carbonyl (C=O) groups excluding carboxylic acids is 3. The molecule has 0 spiro atoms. The monoisotopic (exact) mass is 399 g/mol. The summed E-state index contributed by atoms with van der Waals surface area (Å²) >= 11 is 5.87. The standard InChI is InChI=1S/C21H22ClN3O3/c22-19-6-4-16(5-7-19)8-9-23-20(27)17-2-1-3-18(14-17)21(28)25-12-10-24(15-26)11-13-25/h1-7,14-15H,8-13H2,(H,23,27). The quantitative estimate of drug-likeness (QED) is 0.757. The van der Waals surface area contributed by atoms with Gasteiger partial charge in [0.2, 0.25) is 6.41 Å². The van der Waals surface area contributed by atoms with E-state index in [0.717, 1.165) is 12.0 Å². The summed E-state index contributed by atoms with van der Waals surface area (Å²) in [5.74, 6) is -0.337. The zero-order valence-corrected chi connectivity index (χ0v) is 16.2. The molecule has 28 heavy (non-hydrogen) atoms. The number of benzene rings is 2. The van der Waals surface area contributed by atoms with E-state index in [-0.39, 0.29) is 11.8 Å². The molecule has 1 fully saturated rings. The minimum Gasteiger partial charge on any atom is -0.352 e. The van der Waals surface area contributed by atoms with Crippen molar-refractivity contribution in [3.63, 3.8) is 0 Å². The van der Waals surface area contributed by atoms with Gasteiger partial charge in [0.25, 0.3) is 11.8 Å². The zero-order chi connectivity index (χ0) is 19.9. The highest BCUT2D eigenvalue weighted by Gasteiger charge is 2.21. The van der Waals surface area contributed by atoms with Crippen molar-refractivity contribution in [1.82, 2.24) is 15.1 Å². The molecule has 2 aromatic carbocycles. The first-order valence-electron chi connectivity index (χ1n) is 9.18. The van der Waals surface area contributed by atoms with Gasteiger partial charge < -0.3 is 15.1 Å². The van der Waals surface area contributed by atoms with E-state index in [1.54, 1.807) is 34.1 Å². The fraction of sp³-hybridized carbons (Fsp3) is 0.286. The molecule has 0 aromatic heterocycles. The summed E-state index contributed by atoms with van der Waals surface area (Å²) in [5.41, 5.74) is 2.02. The van der Waals surface area contributed by atoms with Crippen LogP contribution in [0, 0.1) is 0 Å². The maximum absolute atomic E-state index is 12.7. The molecule has 6 nitrogen and oxygen atoms in total. The van der Waals surface area contributed by atoms with Crippen LogP contribution >= 0.6 is 11.6 Å². The fourth-order valence-electron chi connectivity index (χ4n) is 3.08. The second kappa shape index (κ2) is 9.37. The van der Waals surface area contributed by atoms with E-state index in [0.29, 0.717) is 55.3 Å². The molecule has 0 saturated carbocycles. The first-order chi connectivity index (χ1) is 13.6. The summed E-state index contributed by atoms with van der Waals surface area (Å²) in [5, 5.41) is 3.56. The van der Waals surface area contributed by atoms with Crippen LogP contribution in [0.2, 0.25) is 5.02 Å². The van der Waals surface area contributed by atoms with Gasteiger partial charge in [-0.3, -0.25) is 14.4 Å². The Kier molecular flexibility index (Phi) is 6.66. The van der Waals surface area contributed by atoms with Crippen LogP contribution in [0.25, 0.3) is 0 Å². The molecule has 146 valence electrons. The van der Waals surface area contributed by atoms with Crippen molar-refractivity contribution >= 4 is 29.8 Å². The number of piperazine rings is 1. The molecule has 1 saturated heterocycles. The summed E-state index contributed by atoms with van der Waals surface area (Å²) in [6.45, 7) is 2.54. The van der Waals surface area contributed by atoms with Crippen molar-refractivity contribution in [2.24, 2.45) is 0 Å². The first-order valence-corrected chi connectivity index (χ1v) is 9.56. The highest BCUT2D eigenvalue weighted by atomic mass is 35.5. The van der Waals surface area contributed by atoms with E-state index in [9.17, 15) is 14.4 Å². The van der Waals surface area contributed by atoms with Crippen LogP contribution in [-0.2, 0) is 11.2 Å². The molecule has 1 N–H and O–H groups in total. The topological polar surface area (TPSA) is 69.7 Å². The Morgan fingerprint density at radius 2 is 1.68 bits per heavy atom. The van der Waals surface area contributed by atoms with Gasteiger partial charge in [-0.1, -0.05) is 29.8 Å². The SMILES string of the molecule is O=CN1CCN(C(=O)c2cccc(C(=O)NCCc3ccc(Cl)cc3)c2)CC1. The Labute approximate surface area is 169 Å². The summed E-state index contributed by atoms with van der Waals surface area (Å²) in [7, 11) is 0. The largest absolute Gasteiger partial charge is 0.352 e. The lowest BCUT2D eigenvalue weighted by Crippen LogP contribution is -2.48. The van der Waals surface area contributed by atoms with E-state index >= 15 is 0 Å².